The van der Waals surface area contributed by atoms with Crippen molar-refractivity contribution >= 4 is 11.6 Å². The van der Waals surface area contributed by atoms with E-state index in [1.807, 2.05) is 13.0 Å². The standard InChI is InChI=1S/C16H27ClN2O/c1-9-6-14(20-5)15(12(4)16(9)17)11(3)10(2)13(7-18)8-19/h6,10-11,13H,7-8,18-19H2,1-5H3. The van der Waals surface area contributed by atoms with E-state index in [1.165, 1.54) is 5.56 Å². The summed E-state index contributed by atoms with van der Waals surface area (Å²) >= 11 is 6.40. The molecule has 0 aliphatic carbocycles. The van der Waals surface area contributed by atoms with Crippen LogP contribution in [0.5, 0.6) is 5.75 Å². The summed E-state index contributed by atoms with van der Waals surface area (Å²) in [6.07, 6.45) is 0. The van der Waals surface area contributed by atoms with Gasteiger partial charge in [0.05, 0.1) is 7.11 Å². The maximum atomic E-state index is 6.40. The second-order valence-corrected chi connectivity index (χ2v) is 6.01. The molecule has 0 radical (unpaired) electrons. The van der Waals surface area contributed by atoms with Gasteiger partial charge in [0.15, 0.2) is 0 Å². The van der Waals surface area contributed by atoms with Crippen LogP contribution in [-0.2, 0) is 0 Å². The molecule has 114 valence electrons. The average Bonchev–Trinajstić information content (AvgIpc) is 2.44. The van der Waals surface area contributed by atoms with Crippen LogP contribution in [0.1, 0.15) is 36.5 Å². The van der Waals surface area contributed by atoms with Gasteiger partial charge in [0.25, 0.3) is 0 Å². The maximum Gasteiger partial charge on any atom is 0.122 e. The molecule has 2 unspecified atom stereocenters. The summed E-state index contributed by atoms with van der Waals surface area (Å²) in [5, 5.41) is 0.817. The Hall–Kier alpha value is -0.770. The molecule has 0 aliphatic heterocycles. The average molecular weight is 299 g/mol. The van der Waals surface area contributed by atoms with Crippen LogP contribution < -0.4 is 16.2 Å². The van der Waals surface area contributed by atoms with E-state index in [9.17, 15) is 0 Å². The zero-order valence-electron chi connectivity index (χ0n) is 13.2. The molecule has 4 heteroatoms. The molecule has 3 nitrogen and oxygen atoms in total. The Morgan fingerprint density at radius 1 is 1.20 bits per heavy atom. The van der Waals surface area contributed by atoms with E-state index in [0.717, 1.165) is 21.9 Å². The Morgan fingerprint density at radius 2 is 1.75 bits per heavy atom. The highest BCUT2D eigenvalue weighted by Crippen LogP contribution is 2.40. The minimum Gasteiger partial charge on any atom is -0.496 e. The van der Waals surface area contributed by atoms with Gasteiger partial charge in [0, 0.05) is 10.6 Å². The first kappa shape index (κ1) is 17.3. The molecule has 0 bridgehead atoms. The summed E-state index contributed by atoms with van der Waals surface area (Å²) in [6, 6.07) is 2.01. The Kier molecular flexibility index (Phi) is 6.31. The van der Waals surface area contributed by atoms with Gasteiger partial charge in [0.2, 0.25) is 0 Å². The Bertz CT molecular complexity index is 458. The van der Waals surface area contributed by atoms with Crippen LogP contribution in [-0.4, -0.2) is 20.2 Å². The second-order valence-electron chi connectivity index (χ2n) is 5.63. The first-order valence-corrected chi connectivity index (χ1v) is 7.50. The van der Waals surface area contributed by atoms with E-state index >= 15 is 0 Å². The van der Waals surface area contributed by atoms with Crippen molar-refractivity contribution in [2.45, 2.75) is 33.6 Å². The van der Waals surface area contributed by atoms with E-state index in [0.29, 0.717) is 30.8 Å². The van der Waals surface area contributed by atoms with Crippen molar-refractivity contribution in [3.05, 3.63) is 27.8 Å². The SMILES string of the molecule is COc1cc(C)c(Cl)c(C)c1C(C)C(C)C(CN)CN. The molecule has 0 saturated heterocycles. The molecule has 0 amide bonds. The molecule has 0 fully saturated rings. The number of aryl methyl sites for hydroxylation is 1. The molecule has 4 N–H and O–H groups in total. The third kappa shape index (κ3) is 3.27. The molecule has 0 heterocycles. The fourth-order valence-electron chi connectivity index (χ4n) is 2.87. The Labute approximate surface area is 127 Å². The molecule has 2 atom stereocenters. The van der Waals surface area contributed by atoms with Crippen LogP contribution in [0.4, 0.5) is 0 Å². The van der Waals surface area contributed by atoms with Crippen LogP contribution in [0.15, 0.2) is 6.07 Å². The Morgan fingerprint density at radius 3 is 2.20 bits per heavy atom. The van der Waals surface area contributed by atoms with Gasteiger partial charge in [-0.1, -0.05) is 25.4 Å². The quantitative estimate of drug-likeness (QED) is 0.847. The lowest BCUT2D eigenvalue weighted by Crippen LogP contribution is -2.32. The summed E-state index contributed by atoms with van der Waals surface area (Å²) in [5.74, 6) is 1.86. The lowest BCUT2D eigenvalue weighted by Gasteiger charge is -2.30. The van der Waals surface area contributed by atoms with E-state index in [2.05, 4.69) is 20.8 Å². The molecule has 20 heavy (non-hydrogen) atoms. The van der Waals surface area contributed by atoms with Crippen molar-refractivity contribution in [2.75, 3.05) is 20.2 Å². The normalized spacial score (nSPS) is 14.4. The summed E-state index contributed by atoms with van der Waals surface area (Å²) in [7, 11) is 1.70. The molecule has 0 aromatic heterocycles. The number of nitrogens with two attached hydrogens (primary N) is 2. The van der Waals surface area contributed by atoms with E-state index < -0.39 is 0 Å². The van der Waals surface area contributed by atoms with Crippen LogP contribution in [0.25, 0.3) is 0 Å². The van der Waals surface area contributed by atoms with Crippen molar-refractivity contribution in [3.8, 4) is 5.75 Å². The summed E-state index contributed by atoms with van der Waals surface area (Å²) < 4.78 is 5.56. The second kappa shape index (κ2) is 7.30. The number of ether oxygens (including phenoxy) is 1. The minimum absolute atomic E-state index is 0.292. The van der Waals surface area contributed by atoms with Crippen molar-refractivity contribution in [1.29, 1.82) is 0 Å². The number of hydrogen-bond acceptors (Lipinski definition) is 3. The van der Waals surface area contributed by atoms with Gasteiger partial charge in [-0.3, -0.25) is 0 Å². The van der Waals surface area contributed by atoms with E-state index in [1.54, 1.807) is 7.11 Å². The Balaban J connectivity index is 3.27. The lowest BCUT2D eigenvalue weighted by atomic mass is 9.78. The first-order chi connectivity index (χ1) is 9.38. The summed E-state index contributed by atoms with van der Waals surface area (Å²) in [4.78, 5) is 0. The zero-order valence-corrected chi connectivity index (χ0v) is 13.9. The van der Waals surface area contributed by atoms with Gasteiger partial charge in [-0.25, -0.2) is 0 Å². The molecule has 1 aromatic carbocycles. The third-order valence-corrected chi connectivity index (χ3v) is 5.09. The molecular weight excluding hydrogens is 272 g/mol. The van der Waals surface area contributed by atoms with E-state index in [-0.39, 0.29) is 0 Å². The van der Waals surface area contributed by atoms with Crippen LogP contribution >= 0.6 is 11.6 Å². The largest absolute Gasteiger partial charge is 0.496 e. The van der Waals surface area contributed by atoms with Crippen molar-refractivity contribution < 1.29 is 4.74 Å². The van der Waals surface area contributed by atoms with Crippen molar-refractivity contribution in [2.24, 2.45) is 23.3 Å². The zero-order chi connectivity index (χ0) is 15.4. The molecule has 0 spiro atoms. The van der Waals surface area contributed by atoms with Crippen molar-refractivity contribution in [3.63, 3.8) is 0 Å². The molecule has 1 aromatic rings. The molecular formula is C16H27ClN2O. The van der Waals surface area contributed by atoms with Crippen LogP contribution in [0, 0.1) is 25.7 Å². The van der Waals surface area contributed by atoms with Crippen LogP contribution in [0.3, 0.4) is 0 Å². The van der Waals surface area contributed by atoms with Gasteiger partial charge in [-0.05, 0) is 61.9 Å². The van der Waals surface area contributed by atoms with E-state index in [4.69, 9.17) is 27.8 Å². The number of halogens is 1. The highest BCUT2D eigenvalue weighted by Gasteiger charge is 2.26. The van der Waals surface area contributed by atoms with Gasteiger partial charge < -0.3 is 16.2 Å². The molecule has 1 rings (SSSR count). The minimum atomic E-state index is 0.292. The predicted molar refractivity (Wildman–Crippen MR) is 86.7 cm³/mol. The predicted octanol–water partition coefficient (Wildman–Crippen LogP) is 3.24. The summed E-state index contributed by atoms with van der Waals surface area (Å²) in [5.41, 5.74) is 15.0. The maximum absolute atomic E-state index is 6.40. The van der Waals surface area contributed by atoms with Gasteiger partial charge in [0.1, 0.15) is 5.75 Å². The highest BCUT2D eigenvalue weighted by molar-refractivity contribution is 6.32. The smallest absolute Gasteiger partial charge is 0.122 e. The van der Waals surface area contributed by atoms with Gasteiger partial charge >= 0.3 is 0 Å². The third-order valence-electron chi connectivity index (χ3n) is 4.51. The number of rotatable bonds is 6. The monoisotopic (exact) mass is 298 g/mol. The summed E-state index contributed by atoms with van der Waals surface area (Å²) in [6.45, 7) is 9.64. The number of hydrogen-bond donors (Lipinski definition) is 2. The highest BCUT2D eigenvalue weighted by atomic mass is 35.5. The fourth-order valence-corrected chi connectivity index (χ4v) is 3.02. The van der Waals surface area contributed by atoms with Crippen LogP contribution in [0.2, 0.25) is 5.02 Å². The number of methoxy groups -OCH3 is 1. The topological polar surface area (TPSA) is 61.3 Å². The van der Waals surface area contributed by atoms with Crippen molar-refractivity contribution in [1.82, 2.24) is 0 Å². The lowest BCUT2D eigenvalue weighted by molar-refractivity contribution is 0.318. The number of benzene rings is 1. The van der Waals surface area contributed by atoms with Gasteiger partial charge in [-0.2, -0.15) is 0 Å². The van der Waals surface area contributed by atoms with Gasteiger partial charge in [-0.15, -0.1) is 0 Å². The first-order valence-electron chi connectivity index (χ1n) is 7.12. The molecule has 0 aliphatic rings. The fraction of sp³-hybridized carbons (Fsp3) is 0.625. The molecule has 0 saturated carbocycles.